The molecular formula is C13H9FN4O4. The van der Waals surface area contributed by atoms with Crippen molar-refractivity contribution in [2.45, 2.75) is 0 Å². The van der Waals surface area contributed by atoms with E-state index in [0.717, 1.165) is 18.3 Å². The first-order valence-electron chi connectivity index (χ1n) is 7.21. The van der Waals surface area contributed by atoms with Crippen molar-refractivity contribution in [3.63, 3.8) is 0 Å². The van der Waals surface area contributed by atoms with Gasteiger partial charge >= 0.3 is 5.69 Å². The van der Waals surface area contributed by atoms with Crippen molar-refractivity contribution in [2.24, 2.45) is 5.10 Å². The zero-order valence-electron chi connectivity index (χ0n) is 13.7. The van der Waals surface area contributed by atoms with Crippen LogP contribution in [0.1, 0.15) is 9.68 Å². The number of nitrogens with zero attached hydrogens (tertiary/aromatic N) is 3. The summed E-state index contributed by atoms with van der Waals surface area (Å²) < 4.78 is 35.7. The Balaban J connectivity index is 2.48. The highest BCUT2D eigenvalue weighted by Crippen LogP contribution is 2.28. The van der Waals surface area contributed by atoms with Crippen LogP contribution in [-0.4, -0.2) is 16.1 Å². The van der Waals surface area contributed by atoms with Gasteiger partial charge in [-0.15, -0.1) is 0 Å². The Morgan fingerprint density at radius 3 is 2.45 bits per heavy atom. The second-order valence-electron chi connectivity index (χ2n) is 3.88. The molecule has 8 nitrogen and oxygen atoms in total. The maximum Gasteiger partial charge on any atom is 0.301 e. The number of nitro groups is 2. The average molecular weight is 307 g/mol. The lowest BCUT2D eigenvalue weighted by atomic mass is 10.2. The Morgan fingerprint density at radius 2 is 1.86 bits per heavy atom. The molecule has 0 saturated carbocycles. The molecule has 0 bridgehead atoms. The molecule has 0 aromatic heterocycles. The van der Waals surface area contributed by atoms with Crippen molar-refractivity contribution in [3.05, 3.63) is 74.0 Å². The number of halogens is 1. The van der Waals surface area contributed by atoms with E-state index in [1.54, 1.807) is 0 Å². The SMILES string of the molecule is [2H]c1c([2H])c([N+](=O)[O-])c([2H])c([N+](=O)[O-])c1N/N=C/c1ccc(F)cc1. The van der Waals surface area contributed by atoms with Gasteiger partial charge in [0.05, 0.1) is 26.2 Å². The van der Waals surface area contributed by atoms with Gasteiger partial charge < -0.3 is 0 Å². The smallest absolute Gasteiger partial charge is 0.272 e. The van der Waals surface area contributed by atoms with Gasteiger partial charge in [0.25, 0.3) is 5.69 Å². The molecule has 22 heavy (non-hydrogen) atoms. The highest BCUT2D eigenvalue weighted by Gasteiger charge is 2.18. The summed E-state index contributed by atoms with van der Waals surface area (Å²) in [5.41, 5.74) is -0.204. The maximum atomic E-state index is 12.8. The summed E-state index contributed by atoms with van der Waals surface area (Å²) in [5.74, 6) is -0.470. The summed E-state index contributed by atoms with van der Waals surface area (Å²) in [6.07, 6.45) is 1.16. The highest BCUT2D eigenvalue weighted by molar-refractivity contribution is 5.80. The standard InChI is InChI=1S/C13H9FN4O4/c14-10-3-1-9(2-4-10)8-15-16-12-6-5-11(17(19)20)7-13(12)18(21)22/h1-8,16H/b15-8+/i5D,6D,7D. The predicted octanol–water partition coefficient (Wildman–Crippen LogP) is 3.09. The zero-order chi connectivity index (χ0) is 18.7. The van der Waals surface area contributed by atoms with E-state index in [4.69, 9.17) is 4.11 Å². The molecule has 0 saturated heterocycles. The fourth-order valence-corrected chi connectivity index (χ4v) is 1.42. The van der Waals surface area contributed by atoms with Crippen molar-refractivity contribution < 1.29 is 18.3 Å². The van der Waals surface area contributed by atoms with Crippen LogP contribution >= 0.6 is 0 Å². The van der Waals surface area contributed by atoms with Gasteiger partial charge in [0.1, 0.15) is 11.5 Å². The van der Waals surface area contributed by atoms with E-state index in [9.17, 15) is 24.6 Å². The summed E-state index contributed by atoms with van der Waals surface area (Å²) in [7, 11) is 0. The topological polar surface area (TPSA) is 111 Å². The predicted molar refractivity (Wildman–Crippen MR) is 77.4 cm³/mol. The summed E-state index contributed by atoms with van der Waals surface area (Å²) >= 11 is 0. The van der Waals surface area contributed by atoms with E-state index in [2.05, 4.69) is 10.5 Å². The fourth-order valence-electron chi connectivity index (χ4n) is 1.42. The highest BCUT2D eigenvalue weighted by atomic mass is 19.1. The van der Waals surface area contributed by atoms with Crippen LogP contribution < -0.4 is 5.43 Å². The molecule has 0 aliphatic carbocycles. The monoisotopic (exact) mass is 307 g/mol. The Labute approximate surface area is 127 Å². The fraction of sp³-hybridized carbons (Fsp3) is 0. The van der Waals surface area contributed by atoms with Gasteiger partial charge in [0, 0.05) is 6.04 Å². The lowest BCUT2D eigenvalue weighted by molar-refractivity contribution is -0.393. The maximum absolute atomic E-state index is 12.8. The number of nitrogens with one attached hydrogen (secondary N) is 1. The molecule has 0 fully saturated rings. The summed E-state index contributed by atoms with van der Waals surface area (Å²) in [5, 5.41) is 25.7. The van der Waals surface area contributed by atoms with E-state index in [1.807, 2.05) is 0 Å². The van der Waals surface area contributed by atoms with Gasteiger partial charge in [-0.3, -0.25) is 25.7 Å². The lowest BCUT2D eigenvalue weighted by Crippen LogP contribution is -1.98. The quantitative estimate of drug-likeness (QED) is 0.518. The molecule has 0 spiro atoms. The molecule has 0 heterocycles. The molecule has 2 rings (SSSR count). The molecule has 0 unspecified atom stereocenters. The number of nitro benzene ring substituents is 2. The molecule has 0 amide bonds. The van der Waals surface area contributed by atoms with E-state index in [0.29, 0.717) is 5.56 Å². The summed E-state index contributed by atoms with van der Waals surface area (Å²) in [4.78, 5) is 19.8. The van der Waals surface area contributed by atoms with Crippen LogP contribution in [0.25, 0.3) is 0 Å². The molecule has 0 radical (unpaired) electrons. The number of benzene rings is 2. The lowest BCUT2D eigenvalue weighted by Gasteiger charge is -2.01. The van der Waals surface area contributed by atoms with Gasteiger partial charge in [-0.05, 0) is 23.7 Å². The number of rotatable bonds is 5. The van der Waals surface area contributed by atoms with Gasteiger partial charge in [-0.1, -0.05) is 12.1 Å². The van der Waals surface area contributed by atoms with Gasteiger partial charge in [0.15, 0.2) is 0 Å². The minimum Gasteiger partial charge on any atom is -0.272 e. The Bertz CT molecular complexity index is 890. The van der Waals surface area contributed by atoms with Gasteiger partial charge in [-0.2, -0.15) is 5.10 Å². The average Bonchev–Trinajstić information content (AvgIpc) is 2.53. The third-order valence-corrected chi connectivity index (χ3v) is 2.40. The second kappa shape index (κ2) is 6.39. The molecule has 0 atom stereocenters. The van der Waals surface area contributed by atoms with Crippen LogP contribution in [0.15, 0.2) is 47.5 Å². The van der Waals surface area contributed by atoms with Gasteiger partial charge in [-0.25, -0.2) is 4.39 Å². The first kappa shape index (κ1) is 11.3. The summed E-state index contributed by atoms with van der Waals surface area (Å²) in [6.45, 7) is 0. The van der Waals surface area contributed by atoms with E-state index in [1.165, 1.54) is 12.1 Å². The van der Waals surface area contributed by atoms with Crippen LogP contribution in [-0.2, 0) is 0 Å². The Hall–Kier alpha value is -3.36. The van der Waals surface area contributed by atoms with Crippen molar-refractivity contribution in [1.29, 1.82) is 0 Å². The van der Waals surface area contributed by atoms with Gasteiger partial charge in [0.2, 0.25) is 0 Å². The van der Waals surface area contributed by atoms with Crippen LogP contribution in [0.2, 0.25) is 0 Å². The van der Waals surface area contributed by atoms with Crippen molar-refractivity contribution >= 4 is 23.3 Å². The van der Waals surface area contributed by atoms with Crippen molar-refractivity contribution in [3.8, 4) is 0 Å². The third-order valence-electron chi connectivity index (χ3n) is 2.40. The largest absolute Gasteiger partial charge is 0.301 e. The Kier molecular flexibility index (Phi) is 3.29. The van der Waals surface area contributed by atoms with E-state index < -0.39 is 50.9 Å². The Morgan fingerprint density at radius 1 is 1.18 bits per heavy atom. The second-order valence-corrected chi connectivity index (χ2v) is 3.88. The number of anilines is 1. The van der Waals surface area contributed by atoms with Crippen molar-refractivity contribution in [1.82, 2.24) is 0 Å². The molecule has 112 valence electrons. The first-order valence-corrected chi connectivity index (χ1v) is 5.71. The third kappa shape index (κ3) is 3.60. The molecule has 1 N–H and O–H groups in total. The van der Waals surface area contributed by atoms with Crippen molar-refractivity contribution in [2.75, 3.05) is 5.43 Å². The van der Waals surface area contributed by atoms with Crippen LogP contribution in [0.5, 0.6) is 0 Å². The van der Waals surface area contributed by atoms with Crippen LogP contribution in [0.4, 0.5) is 21.5 Å². The molecule has 9 heteroatoms. The minimum atomic E-state index is -1.13. The zero-order valence-corrected chi connectivity index (χ0v) is 10.7. The van der Waals surface area contributed by atoms with E-state index >= 15 is 0 Å². The molecule has 0 aliphatic heterocycles. The molecular weight excluding hydrogens is 295 g/mol. The van der Waals surface area contributed by atoms with Crippen LogP contribution in [0.3, 0.4) is 0 Å². The summed E-state index contributed by atoms with van der Waals surface area (Å²) in [6, 6.07) is 2.18. The first-order chi connectivity index (χ1) is 11.7. The van der Waals surface area contributed by atoms with Crippen LogP contribution in [0, 0.1) is 26.0 Å². The normalized spacial score (nSPS) is 12.5. The molecule has 2 aromatic carbocycles. The minimum absolute atomic E-state index is 0.433. The molecule has 2 aromatic rings. The number of hydrogen-bond acceptors (Lipinski definition) is 6. The number of hydrazone groups is 1. The number of hydrogen-bond donors (Lipinski definition) is 1. The van der Waals surface area contributed by atoms with E-state index in [-0.39, 0.29) is 0 Å². The molecule has 0 aliphatic rings.